The van der Waals surface area contributed by atoms with Gasteiger partial charge in [0, 0.05) is 11.4 Å². The van der Waals surface area contributed by atoms with Gasteiger partial charge >= 0.3 is 0 Å². The zero-order valence-electron chi connectivity index (χ0n) is 8.98. The van der Waals surface area contributed by atoms with Crippen LogP contribution in [-0.4, -0.2) is 14.4 Å². The predicted octanol–water partition coefficient (Wildman–Crippen LogP) is 1.72. The van der Waals surface area contributed by atoms with Crippen LogP contribution in [0.15, 0.2) is 23.2 Å². The van der Waals surface area contributed by atoms with Gasteiger partial charge in [-0.3, -0.25) is 0 Å². The van der Waals surface area contributed by atoms with Crippen LogP contribution >= 0.6 is 0 Å². The second-order valence-corrected chi connectivity index (χ2v) is 6.37. The minimum absolute atomic E-state index is 0.00835. The van der Waals surface area contributed by atoms with Crippen LogP contribution in [0.2, 0.25) is 0 Å². The van der Waals surface area contributed by atoms with Crippen LogP contribution in [0, 0.1) is 4.78 Å². The number of nitrogens with two attached hydrogens (primary N) is 1. The van der Waals surface area contributed by atoms with Crippen LogP contribution in [0.4, 0.5) is 5.82 Å². The Morgan fingerprint density at radius 3 is 2.62 bits per heavy atom. The lowest BCUT2D eigenvalue weighted by Gasteiger charge is -2.14. The Labute approximate surface area is 95.4 Å². The van der Waals surface area contributed by atoms with E-state index in [0.29, 0.717) is 10.7 Å². The number of hydrazine groups is 1. The van der Waals surface area contributed by atoms with Gasteiger partial charge in [-0.1, -0.05) is 12.8 Å². The molecule has 1 fully saturated rings. The van der Waals surface area contributed by atoms with E-state index in [1.165, 1.54) is 6.20 Å². The number of nitrogens with zero attached hydrogens (tertiary/aromatic N) is 1. The van der Waals surface area contributed by atoms with E-state index < -0.39 is 9.73 Å². The van der Waals surface area contributed by atoms with Crippen molar-refractivity contribution in [3.63, 3.8) is 0 Å². The van der Waals surface area contributed by atoms with Crippen LogP contribution in [0.25, 0.3) is 0 Å². The van der Waals surface area contributed by atoms with Crippen molar-refractivity contribution < 1.29 is 4.21 Å². The molecule has 0 amide bonds. The van der Waals surface area contributed by atoms with Crippen LogP contribution < -0.4 is 11.3 Å². The number of anilines is 1. The van der Waals surface area contributed by atoms with Crippen molar-refractivity contribution in [2.75, 3.05) is 5.43 Å². The highest BCUT2D eigenvalue weighted by Crippen LogP contribution is 2.29. The van der Waals surface area contributed by atoms with Gasteiger partial charge in [0.15, 0.2) is 0 Å². The van der Waals surface area contributed by atoms with Crippen molar-refractivity contribution in [3.05, 3.63) is 18.3 Å². The monoisotopic (exact) mass is 240 g/mol. The molecule has 1 aromatic heterocycles. The third kappa shape index (κ3) is 2.03. The minimum atomic E-state index is -2.69. The molecule has 1 heterocycles. The molecule has 2 rings (SSSR count). The molecule has 0 saturated heterocycles. The van der Waals surface area contributed by atoms with Gasteiger partial charge in [-0.05, 0) is 25.0 Å². The zero-order chi connectivity index (χ0) is 11.6. The lowest BCUT2D eigenvalue weighted by atomic mass is 10.4. The third-order valence-corrected chi connectivity index (χ3v) is 5.36. The van der Waals surface area contributed by atoms with E-state index in [4.69, 9.17) is 10.6 Å². The van der Waals surface area contributed by atoms with Gasteiger partial charge in [0.05, 0.1) is 14.6 Å². The smallest absolute Gasteiger partial charge is 0.139 e. The third-order valence-electron chi connectivity index (χ3n) is 3.01. The van der Waals surface area contributed by atoms with Crippen LogP contribution in [-0.2, 0) is 9.73 Å². The van der Waals surface area contributed by atoms with Crippen molar-refractivity contribution in [1.29, 1.82) is 4.78 Å². The average molecular weight is 240 g/mol. The number of nitrogens with one attached hydrogen (secondary N) is 2. The summed E-state index contributed by atoms with van der Waals surface area (Å²) in [6.07, 6.45) is 5.42. The molecule has 1 unspecified atom stereocenters. The lowest BCUT2D eigenvalue weighted by molar-refractivity contribution is 0.658. The Morgan fingerprint density at radius 1 is 1.44 bits per heavy atom. The normalized spacial score (nSPS) is 20.6. The van der Waals surface area contributed by atoms with E-state index in [2.05, 4.69) is 10.4 Å². The summed E-state index contributed by atoms with van der Waals surface area (Å²) in [7, 11) is -2.69. The summed E-state index contributed by atoms with van der Waals surface area (Å²) >= 11 is 0. The molecule has 1 atom stereocenters. The first-order valence-electron chi connectivity index (χ1n) is 5.35. The van der Waals surface area contributed by atoms with Gasteiger partial charge in [0.2, 0.25) is 0 Å². The molecule has 1 aromatic rings. The maximum absolute atomic E-state index is 12.4. The van der Waals surface area contributed by atoms with Crippen molar-refractivity contribution in [3.8, 4) is 0 Å². The van der Waals surface area contributed by atoms with Crippen molar-refractivity contribution in [2.24, 2.45) is 5.84 Å². The Morgan fingerprint density at radius 2 is 2.12 bits per heavy atom. The van der Waals surface area contributed by atoms with Crippen LogP contribution in [0.5, 0.6) is 0 Å². The first-order valence-corrected chi connectivity index (χ1v) is 6.97. The molecule has 4 N–H and O–H groups in total. The number of rotatable bonds is 3. The van der Waals surface area contributed by atoms with Crippen LogP contribution in [0.3, 0.4) is 0 Å². The fourth-order valence-electron chi connectivity index (χ4n) is 2.06. The lowest BCUT2D eigenvalue weighted by Crippen LogP contribution is -2.17. The zero-order valence-corrected chi connectivity index (χ0v) is 9.80. The summed E-state index contributed by atoms with van der Waals surface area (Å²) < 4.78 is 20.4. The molecule has 1 saturated carbocycles. The first kappa shape index (κ1) is 11.3. The average Bonchev–Trinajstić information content (AvgIpc) is 2.83. The minimum Gasteiger partial charge on any atom is -0.308 e. The molecule has 5 nitrogen and oxygen atoms in total. The summed E-state index contributed by atoms with van der Waals surface area (Å²) in [5, 5.41) is -0.00835. The molecule has 0 radical (unpaired) electrons. The van der Waals surface area contributed by atoms with Gasteiger partial charge < -0.3 is 5.43 Å². The Bertz CT molecular complexity index is 448. The molecule has 1 aliphatic carbocycles. The first-order chi connectivity index (χ1) is 7.64. The maximum Gasteiger partial charge on any atom is 0.139 e. The molecular weight excluding hydrogens is 224 g/mol. The fraction of sp³-hybridized carbons (Fsp3) is 0.500. The molecule has 88 valence electrons. The Kier molecular flexibility index (Phi) is 3.11. The molecule has 16 heavy (non-hydrogen) atoms. The number of pyridine rings is 1. The second-order valence-electron chi connectivity index (χ2n) is 4.03. The quantitative estimate of drug-likeness (QED) is 0.554. The Balaban J connectivity index is 2.28. The summed E-state index contributed by atoms with van der Waals surface area (Å²) in [6.45, 7) is 0. The molecule has 0 bridgehead atoms. The topological polar surface area (TPSA) is 91.9 Å². The van der Waals surface area contributed by atoms with Crippen molar-refractivity contribution >= 4 is 15.5 Å². The van der Waals surface area contributed by atoms with Crippen LogP contribution in [0.1, 0.15) is 25.7 Å². The highest BCUT2D eigenvalue weighted by Gasteiger charge is 2.27. The van der Waals surface area contributed by atoms with E-state index in [9.17, 15) is 4.21 Å². The summed E-state index contributed by atoms with van der Waals surface area (Å²) in [5.74, 6) is 5.72. The maximum atomic E-state index is 12.4. The van der Waals surface area contributed by atoms with Gasteiger partial charge in [0.1, 0.15) is 5.82 Å². The number of aromatic nitrogens is 1. The highest BCUT2D eigenvalue weighted by atomic mass is 32.2. The number of hydrogen-bond acceptors (Lipinski definition) is 5. The summed E-state index contributed by atoms with van der Waals surface area (Å²) in [6, 6.07) is 3.33. The molecular formula is C10H16N4OS. The largest absolute Gasteiger partial charge is 0.308 e. The molecule has 6 heteroatoms. The van der Waals surface area contributed by atoms with E-state index >= 15 is 0 Å². The molecule has 0 aromatic carbocycles. The standard InChI is InChI=1S/C10H16N4OS/c11-14-10-6-5-9(7-13-10)16(12,15)8-3-1-2-4-8/h5-8,12H,1-4,11H2,(H,13,14). The van der Waals surface area contributed by atoms with Gasteiger partial charge in [-0.15, -0.1) is 0 Å². The Hall–Kier alpha value is -1.14. The SMILES string of the molecule is N=S(=O)(c1ccc(NN)nc1)C1CCCC1. The van der Waals surface area contributed by atoms with E-state index in [0.717, 1.165) is 25.7 Å². The van der Waals surface area contributed by atoms with Gasteiger partial charge in [-0.25, -0.2) is 19.8 Å². The number of nitrogen functional groups attached to an aromatic ring is 1. The van der Waals surface area contributed by atoms with E-state index in [1.807, 2.05) is 0 Å². The predicted molar refractivity (Wildman–Crippen MR) is 63.4 cm³/mol. The van der Waals surface area contributed by atoms with Gasteiger partial charge in [0.25, 0.3) is 0 Å². The summed E-state index contributed by atoms with van der Waals surface area (Å²) in [5.41, 5.74) is 2.41. The summed E-state index contributed by atoms with van der Waals surface area (Å²) in [4.78, 5) is 4.51. The second kappa shape index (κ2) is 4.39. The molecule has 1 aliphatic rings. The fourth-order valence-corrected chi connectivity index (χ4v) is 3.92. The van der Waals surface area contributed by atoms with E-state index in [-0.39, 0.29) is 5.25 Å². The van der Waals surface area contributed by atoms with E-state index in [1.54, 1.807) is 12.1 Å². The van der Waals surface area contributed by atoms with Crippen molar-refractivity contribution in [1.82, 2.24) is 4.98 Å². The highest BCUT2D eigenvalue weighted by molar-refractivity contribution is 7.93. The molecule has 0 spiro atoms. The molecule has 0 aliphatic heterocycles. The number of hydrogen-bond donors (Lipinski definition) is 3. The van der Waals surface area contributed by atoms with Crippen molar-refractivity contribution in [2.45, 2.75) is 35.8 Å². The van der Waals surface area contributed by atoms with Gasteiger partial charge in [-0.2, -0.15) is 0 Å².